The molecule has 1 N–H and O–H groups in total. The van der Waals surface area contributed by atoms with Gasteiger partial charge in [-0.05, 0) is 27.7 Å². The Hall–Kier alpha value is -0.820. The van der Waals surface area contributed by atoms with Gasteiger partial charge in [0.25, 0.3) is 0 Å². The molecule has 0 aliphatic rings. The number of quaternary nitrogens is 1. The first-order chi connectivity index (χ1) is 6.06. The van der Waals surface area contributed by atoms with E-state index >= 15 is 0 Å². The lowest BCUT2D eigenvalue weighted by molar-refractivity contribution is -0.808. The summed E-state index contributed by atoms with van der Waals surface area (Å²) in [5.74, 6) is 0. The van der Waals surface area contributed by atoms with Gasteiger partial charge in [-0.25, -0.2) is 0 Å². The zero-order valence-corrected chi connectivity index (χ0v) is 9.36. The summed E-state index contributed by atoms with van der Waals surface area (Å²) in [5, 5.41) is 0. The molecule has 0 amide bonds. The van der Waals surface area contributed by atoms with Crippen molar-refractivity contribution in [2.24, 2.45) is 0 Å². The molecule has 0 fully saturated rings. The Kier molecular flexibility index (Phi) is 3.10. The van der Waals surface area contributed by atoms with Crippen LogP contribution in [-0.4, -0.2) is 13.6 Å². The van der Waals surface area contributed by atoms with Crippen LogP contribution in [0, 0.1) is 20.8 Å². The highest BCUT2D eigenvalue weighted by Crippen LogP contribution is 2.17. The molecule has 0 saturated carbocycles. The molecule has 0 radical (unpaired) electrons. The largest absolute Gasteiger partial charge is 0.305 e. The molecule has 0 aliphatic heterocycles. The number of hydrogen-bond acceptors (Lipinski definition) is 0. The van der Waals surface area contributed by atoms with Crippen molar-refractivity contribution in [2.75, 3.05) is 13.6 Å². The van der Waals surface area contributed by atoms with E-state index in [1.165, 1.54) is 27.3 Å². The Morgan fingerprint density at radius 2 is 1.54 bits per heavy atom. The summed E-state index contributed by atoms with van der Waals surface area (Å²) in [5.41, 5.74) is 5.66. The number of nitrogens with one attached hydrogen (secondary N) is 1. The van der Waals surface area contributed by atoms with E-state index in [4.69, 9.17) is 0 Å². The minimum Gasteiger partial charge on any atom is -0.305 e. The molecule has 1 aromatic rings. The minimum absolute atomic E-state index is 1.14. The quantitative estimate of drug-likeness (QED) is 0.704. The first kappa shape index (κ1) is 10.3. The lowest BCUT2D eigenvalue weighted by Gasteiger charge is -2.16. The van der Waals surface area contributed by atoms with E-state index in [9.17, 15) is 0 Å². The standard InChI is InChI=1S/C12H19N/c1-6-13(5)12-10(3)7-9(2)8-11(12)4/h7-8H,6H2,1-5H3/p+1. The van der Waals surface area contributed by atoms with Crippen molar-refractivity contribution in [3.63, 3.8) is 0 Å². The fraction of sp³-hybridized carbons (Fsp3) is 0.500. The molecule has 0 heterocycles. The maximum Gasteiger partial charge on any atom is 0.136 e. The van der Waals surface area contributed by atoms with Gasteiger partial charge in [0.15, 0.2) is 0 Å². The average Bonchev–Trinajstić information content (AvgIpc) is 2.02. The lowest BCUT2D eigenvalue weighted by atomic mass is 10.0. The molecule has 0 aromatic heterocycles. The molecule has 72 valence electrons. The topological polar surface area (TPSA) is 4.44 Å². The van der Waals surface area contributed by atoms with Gasteiger partial charge in [0.1, 0.15) is 5.69 Å². The van der Waals surface area contributed by atoms with Crippen LogP contribution in [0.5, 0.6) is 0 Å². The van der Waals surface area contributed by atoms with E-state index in [1.54, 1.807) is 0 Å². The van der Waals surface area contributed by atoms with Crippen LogP contribution in [0.4, 0.5) is 5.69 Å². The fourth-order valence-electron chi connectivity index (χ4n) is 2.03. The average molecular weight is 178 g/mol. The summed E-state index contributed by atoms with van der Waals surface area (Å²) < 4.78 is 0. The number of hydrogen-bond donors (Lipinski definition) is 1. The van der Waals surface area contributed by atoms with E-state index < -0.39 is 0 Å². The zero-order valence-electron chi connectivity index (χ0n) is 9.36. The van der Waals surface area contributed by atoms with Crippen molar-refractivity contribution in [3.05, 3.63) is 28.8 Å². The molecule has 0 spiro atoms. The summed E-state index contributed by atoms with van der Waals surface area (Å²) in [6, 6.07) is 4.53. The highest BCUT2D eigenvalue weighted by atomic mass is 15.1. The van der Waals surface area contributed by atoms with Crippen molar-refractivity contribution in [1.82, 2.24) is 0 Å². The highest BCUT2D eigenvalue weighted by molar-refractivity contribution is 5.48. The van der Waals surface area contributed by atoms with E-state index in [2.05, 4.69) is 46.9 Å². The van der Waals surface area contributed by atoms with Gasteiger partial charge in [0.2, 0.25) is 0 Å². The third-order valence-electron chi connectivity index (χ3n) is 2.63. The number of rotatable bonds is 2. The van der Waals surface area contributed by atoms with Gasteiger partial charge in [0.05, 0.1) is 13.6 Å². The Bertz CT molecular complexity index is 279. The monoisotopic (exact) mass is 178 g/mol. The molecule has 13 heavy (non-hydrogen) atoms. The molecule has 1 aromatic carbocycles. The lowest BCUT2D eigenvalue weighted by Crippen LogP contribution is -3.03. The molecule has 0 saturated heterocycles. The van der Waals surface area contributed by atoms with Crippen LogP contribution in [0.25, 0.3) is 0 Å². The first-order valence-corrected chi connectivity index (χ1v) is 4.97. The van der Waals surface area contributed by atoms with Gasteiger partial charge in [-0.1, -0.05) is 17.7 Å². The van der Waals surface area contributed by atoms with E-state index in [-0.39, 0.29) is 0 Å². The van der Waals surface area contributed by atoms with E-state index in [1.807, 2.05) is 0 Å². The van der Waals surface area contributed by atoms with Crippen LogP contribution in [0.3, 0.4) is 0 Å². The molecular weight excluding hydrogens is 158 g/mol. The van der Waals surface area contributed by atoms with Crippen molar-refractivity contribution < 1.29 is 4.90 Å². The molecule has 1 nitrogen and oxygen atoms in total. The minimum atomic E-state index is 1.14. The summed E-state index contributed by atoms with van der Waals surface area (Å²) in [7, 11) is 2.23. The summed E-state index contributed by atoms with van der Waals surface area (Å²) >= 11 is 0. The Morgan fingerprint density at radius 3 is 1.92 bits per heavy atom. The Balaban J connectivity index is 3.20. The smallest absolute Gasteiger partial charge is 0.136 e. The zero-order chi connectivity index (χ0) is 10.0. The van der Waals surface area contributed by atoms with Crippen molar-refractivity contribution in [1.29, 1.82) is 0 Å². The van der Waals surface area contributed by atoms with E-state index in [0.29, 0.717) is 0 Å². The van der Waals surface area contributed by atoms with Crippen LogP contribution >= 0.6 is 0 Å². The highest BCUT2D eigenvalue weighted by Gasteiger charge is 2.11. The fourth-order valence-corrected chi connectivity index (χ4v) is 2.03. The second-order valence-corrected chi connectivity index (χ2v) is 3.91. The van der Waals surface area contributed by atoms with Gasteiger partial charge in [0, 0.05) is 11.1 Å². The van der Waals surface area contributed by atoms with Crippen molar-refractivity contribution in [3.8, 4) is 0 Å². The van der Waals surface area contributed by atoms with Crippen LogP contribution in [-0.2, 0) is 0 Å². The van der Waals surface area contributed by atoms with Crippen LogP contribution < -0.4 is 4.90 Å². The summed E-state index contributed by atoms with van der Waals surface area (Å²) in [6.07, 6.45) is 0. The van der Waals surface area contributed by atoms with Crippen LogP contribution in [0.1, 0.15) is 23.6 Å². The normalized spacial score (nSPS) is 13.0. The van der Waals surface area contributed by atoms with Gasteiger partial charge < -0.3 is 4.90 Å². The Labute approximate surface area is 81.4 Å². The molecule has 1 rings (SSSR count). The predicted octanol–water partition coefficient (Wildman–Crippen LogP) is 1.78. The second kappa shape index (κ2) is 3.93. The summed E-state index contributed by atoms with van der Waals surface area (Å²) in [6.45, 7) is 9.92. The Morgan fingerprint density at radius 1 is 1.08 bits per heavy atom. The maximum atomic E-state index is 2.27. The molecule has 1 atom stereocenters. The van der Waals surface area contributed by atoms with E-state index in [0.717, 1.165) is 6.54 Å². The SMILES string of the molecule is CC[NH+](C)c1c(C)cc(C)cc1C. The molecule has 0 aliphatic carbocycles. The van der Waals surface area contributed by atoms with Gasteiger partial charge in [-0.15, -0.1) is 0 Å². The summed E-state index contributed by atoms with van der Waals surface area (Å²) in [4.78, 5) is 1.50. The third-order valence-corrected chi connectivity index (χ3v) is 2.63. The van der Waals surface area contributed by atoms with Crippen molar-refractivity contribution in [2.45, 2.75) is 27.7 Å². The molecule has 1 unspecified atom stereocenters. The van der Waals surface area contributed by atoms with Crippen molar-refractivity contribution >= 4 is 5.69 Å². The first-order valence-electron chi connectivity index (χ1n) is 4.97. The number of benzene rings is 1. The van der Waals surface area contributed by atoms with Gasteiger partial charge in [-0.2, -0.15) is 0 Å². The number of aryl methyl sites for hydroxylation is 3. The third kappa shape index (κ3) is 2.10. The molecular formula is C12H20N+. The predicted molar refractivity (Wildman–Crippen MR) is 57.7 cm³/mol. The van der Waals surface area contributed by atoms with Gasteiger partial charge >= 0.3 is 0 Å². The maximum absolute atomic E-state index is 2.27. The van der Waals surface area contributed by atoms with Gasteiger partial charge in [-0.3, -0.25) is 0 Å². The molecule has 0 bridgehead atoms. The second-order valence-electron chi connectivity index (χ2n) is 3.91. The van der Waals surface area contributed by atoms with Crippen LogP contribution in [0.2, 0.25) is 0 Å². The molecule has 1 heteroatoms. The van der Waals surface area contributed by atoms with Crippen LogP contribution in [0.15, 0.2) is 12.1 Å².